The maximum Gasteiger partial charge on any atom is 0.239 e. The van der Waals surface area contributed by atoms with Gasteiger partial charge in [-0.15, -0.1) is 0 Å². The minimum atomic E-state index is -0.0335. The topological polar surface area (TPSA) is 52.7 Å². The van der Waals surface area contributed by atoms with Crippen LogP contribution in [0.25, 0.3) is 0 Å². The first-order valence-electron chi connectivity index (χ1n) is 14.6. The van der Waals surface area contributed by atoms with E-state index in [2.05, 4.69) is 29.0 Å². The van der Waals surface area contributed by atoms with E-state index in [9.17, 15) is 9.59 Å². The summed E-state index contributed by atoms with van der Waals surface area (Å²) in [5, 5.41) is 3.60. The van der Waals surface area contributed by atoms with E-state index >= 15 is 0 Å². The minimum Gasteiger partial charge on any atom is -0.353 e. The van der Waals surface area contributed by atoms with Crippen LogP contribution in [0.4, 0.5) is 0 Å². The highest BCUT2D eigenvalue weighted by Gasteiger charge is 2.47. The van der Waals surface area contributed by atoms with Crippen LogP contribution in [0.5, 0.6) is 0 Å². The molecule has 0 bridgehead atoms. The van der Waals surface area contributed by atoms with Crippen molar-refractivity contribution in [1.29, 1.82) is 0 Å². The van der Waals surface area contributed by atoms with Crippen molar-refractivity contribution in [3.8, 4) is 0 Å². The van der Waals surface area contributed by atoms with Gasteiger partial charge >= 0.3 is 0 Å². The smallest absolute Gasteiger partial charge is 0.239 e. The molecule has 0 radical (unpaired) electrons. The zero-order chi connectivity index (χ0) is 24.2. The number of hydrogen-bond donors (Lipinski definition) is 1. The molecular weight excluding hydrogens is 422 g/mol. The Morgan fingerprint density at radius 2 is 1.44 bits per heavy atom. The summed E-state index contributed by atoms with van der Waals surface area (Å²) >= 11 is 0. The Hall–Kier alpha value is -1.10. The number of carbonyl (C=O) groups is 2. The molecule has 5 heteroatoms. The summed E-state index contributed by atoms with van der Waals surface area (Å²) in [6, 6.07) is 0.224. The van der Waals surface area contributed by atoms with Crippen LogP contribution in [-0.2, 0) is 9.59 Å². The van der Waals surface area contributed by atoms with Crippen molar-refractivity contribution in [1.82, 2.24) is 15.1 Å². The molecule has 0 unspecified atom stereocenters. The van der Waals surface area contributed by atoms with Crippen molar-refractivity contribution in [2.45, 2.75) is 109 Å². The highest BCUT2D eigenvalue weighted by atomic mass is 16.2. The number of likely N-dealkylation sites (tertiary alicyclic amines) is 1. The van der Waals surface area contributed by atoms with Crippen LogP contribution in [0.1, 0.15) is 97.3 Å². The lowest BCUT2D eigenvalue weighted by Gasteiger charge is -2.38. The molecule has 4 aliphatic rings. The summed E-state index contributed by atoms with van der Waals surface area (Å²) in [6.07, 6.45) is 16.0. The molecule has 3 saturated carbocycles. The van der Waals surface area contributed by atoms with Gasteiger partial charge in [-0.25, -0.2) is 0 Å². The number of carbonyl (C=O) groups excluding carboxylic acids is 2. The van der Waals surface area contributed by atoms with Gasteiger partial charge in [-0.2, -0.15) is 0 Å². The first-order chi connectivity index (χ1) is 16.3. The molecule has 1 saturated heterocycles. The molecule has 1 N–H and O–H groups in total. The van der Waals surface area contributed by atoms with Crippen LogP contribution in [0, 0.1) is 35.5 Å². The van der Waals surface area contributed by atoms with Gasteiger partial charge in [0.05, 0.1) is 6.04 Å². The number of nitrogens with one attached hydrogen (secondary N) is 1. The van der Waals surface area contributed by atoms with Crippen LogP contribution in [0.2, 0.25) is 0 Å². The molecule has 4 fully saturated rings. The van der Waals surface area contributed by atoms with E-state index in [1.807, 2.05) is 14.1 Å². The summed E-state index contributed by atoms with van der Waals surface area (Å²) in [5.41, 5.74) is 0. The van der Waals surface area contributed by atoms with Crippen LogP contribution < -0.4 is 5.32 Å². The average molecular weight is 474 g/mol. The van der Waals surface area contributed by atoms with E-state index in [0.717, 1.165) is 32.4 Å². The second-order valence-electron chi connectivity index (χ2n) is 12.8. The Morgan fingerprint density at radius 3 is 1.97 bits per heavy atom. The van der Waals surface area contributed by atoms with Gasteiger partial charge in [0.1, 0.15) is 0 Å². The quantitative estimate of drug-likeness (QED) is 0.534. The monoisotopic (exact) mass is 473 g/mol. The van der Waals surface area contributed by atoms with Gasteiger partial charge in [0.2, 0.25) is 11.8 Å². The van der Waals surface area contributed by atoms with Gasteiger partial charge in [0.25, 0.3) is 0 Å². The third-order valence-electron chi connectivity index (χ3n) is 9.72. The third kappa shape index (κ3) is 5.99. The van der Waals surface area contributed by atoms with Crippen LogP contribution in [0.3, 0.4) is 0 Å². The molecule has 4 atom stereocenters. The molecule has 0 spiro atoms. The molecule has 2 amide bonds. The number of nitrogens with zero attached hydrogens (tertiary/aromatic N) is 2. The van der Waals surface area contributed by atoms with Crippen molar-refractivity contribution in [3.63, 3.8) is 0 Å². The number of fused-ring (bicyclic) bond motifs is 1. The fourth-order valence-electron chi connectivity index (χ4n) is 7.89. The van der Waals surface area contributed by atoms with Crippen molar-refractivity contribution in [3.05, 3.63) is 0 Å². The van der Waals surface area contributed by atoms with Crippen molar-refractivity contribution in [2.75, 3.05) is 27.2 Å². The van der Waals surface area contributed by atoms with Gasteiger partial charge < -0.3 is 10.2 Å². The molecule has 1 heterocycles. The lowest BCUT2D eigenvalue weighted by atomic mass is 9.69. The highest BCUT2D eigenvalue weighted by Crippen LogP contribution is 2.42. The van der Waals surface area contributed by atoms with E-state index in [1.54, 1.807) is 0 Å². The number of rotatable bonds is 8. The largest absolute Gasteiger partial charge is 0.353 e. The minimum absolute atomic E-state index is 0.0335. The van der Waals surface area contributed by atoms with E-state index < -0.39 is 0 Å². The van der Waals surface area contributed by atoms with E-state index in [4.69, 9.17) is 0 Å². The fraction of sp³-hybridized carbons (Fsp3) is 0.931. The maximum atomic E-state index is 13.8. The molecule has 0 aromatic heterocycles. The predicted molar refractivity (Wildman–Crippen MR) is 138 cm³/mol. The van der Waals surface area contributed by atoms with Gasteiger partial charge in [-0.1, -0.05) is 52.4 Å². The standard InChI is InChI=1S/C29H51N3O2/c1-20(2)17-26(31(3)4)29(34)32-18-23-15-16-25(24(23)19-32)30-28(33)27(21-11-7-5-8-12-21)22-13-9-6-10-14-22/h20-27H,5-19H2,1-4H3,(H,30,33)/t23-,24+,25+,26+/m0/s1. The van der Waals surface area contributed by atoms with Crippen LogP contribution in [-0.4, -0.2) is 60.9 Å². The summed E-state index contributed by atoms with van der Waals surface area (Å²) in [6.45, 7) is 6.10. The second-order valence-corrected chi connectivity index (χ2v) is 12.8. The molecule has 1 aliphatic heterocycles. The summed E-state index contributed by atoms with van der Waals surface area (Å²) in [4.78, 5) is 31.4. The molecule has 0 aromatic carbocycles. The van der Waals surface area contributed by atoms with Crippen molar-refractivity contribution >= 4 is 11.8 Å². The fourth-order valence-corrected chi connectivity index (χ4v) is 7.89. The van der Waals surface area contributed by atoms with E-state index in [0.29, 0.717) is 41.4 Å². The number of likely N-dealkylation sites (N-methyl/N-ethyl adjacent to an activating group) is 1. The Kier molecular flexibility index (Phi) is 8.98. The second kappa shape index (κ2) is 11.8. The van der Waals surface area contributed by atoms with Crippen LogP contribution >= 0.6 is 0 Å². The van der Waals surface area contributed by atoms with Gasteiger partial charge in [0.15, 0.2) is 0 Å². The van der Waals surface area contributed by atoms with Crippen molar-refractivity contribution < 1.29 is 9.59 Å². The summed E-state index contributed by atoms with van der Waals surface area (Å²) < 4.78 is 0. The predicted octanol–water partition coefficient (Wildman–Crippen LogP) is 5.09. The zero-order valence-electron chi connectivity index (χ0n) is 22.4. The van der Waals surface area contributed by atoms with Gasteiger partial charge in [-0.05, 0) is 82.7 Å². The summed E-state index contributed by atoms with van der Waals surface area (Å²) in [7, 11) is 4.06. The summed E-state index contributed by atoms with van der Waals surface area (Å²) in [5.74, 6) is 3.55. The maximum absolute atomic E-state index is 13.8. The lowest BCUT2D eigenvalue weighted by molar-refractivity contribution is -0.136. The molecular formula is C29H51N3O2. The molecule has 5 nitrogen and oxygen atoms in total. The average Bonchev–Trinajstić information content (AvgIpc) is 3.40. The Bertz CT molecular complexity index is 663. The Labute approximate surface area is 208 Å². The first-order valence-corrected chi connectivity index (χ1v) is 14.6. The van der Waals surface area contributed by atoms with E-state index in [1.165, 1.54) is 64.2 Å². The molecule has 3 aliphatic carbocycles. The number of hydrogen-bond acceptors (Lipinski definition) is 3. The van der Waals surface area contributed by atoms with Gasteiger partial charge in [0, 0.05) is 31.0 Å². The van der Waals surface area contributed by atoms with Gasteiger partial charge in [-0.3, -0.25) is 14.5 Å². The number of amides is 2. The van der Waals surface area contributed by atoms with Crippen LogP contribution in [0.15, 0.2) is 0 Å². The van der Waals surface area contributed by atoms with Crippen molar-refractivity contribution in [2.24, 2.45) is 35.5 Å². The lowest BCUT2D eigenvalue weighted by Crippen LogP contribution is -2.48. The molecule has 194 valence electrons. The third-order valence-corrected chi connectivity index (χ3v) is 9.72. The first kappa shape index (κ1) is 26.0. The Balaban J connectivity index is 1.39. The molecule has 4 rings (SSSR count). The molecule has 34 heavy (non-hydrogen) atoms. The highest BCUT2D eigenvalue weighted by molar-refractivity contribution is 5.82. The molecule has 0 aromatic rings. The Morgan fingerprint density at radius 1 is 0.853 bits per heavy atom. The van der Waals surface area contributed by atoms with E-state index in [-0.39, 0.29) is 18.0 Å². The zero-order valence-corrected chi connectivity index (χ0v) is 22.4. The SMILES string of the molecule is CC(C)C[C@H](C(=O)N1C[C@@H]2CC[C@@H](NC(=O)C(C3CCCCC3)C3CCCCC3)[C@@H]2C1)N(C)C. The normalized spacial score (nSPS) is 29.7.